The summed E-state index contributed by atoms with van der Waals surface area (Å²) in [4.78, 5) is 14.2. The van der Waals surface area contributed by atoms with Crippen molar-refractivity contribution < 1.29 is 9.53 Å². The molecule has 5 nitrogen and oxygen atoms in total. The number of likely N-dealkylation sites (N-methyl/N-ethyl adjacent to an activating group) is 1. The number of anilines is 1. The molecule has 0 atom stereocenters. The van der Waals surface area contributed by atoms with Crippen LogP contribution in [0.2, 0.25) is 0 Å². The molecule has 0 saturated heterocycles. The maximum Gasteiger partial charge on any atom is 0.255 e. The Morgan fingerprint density at radius 2 is 2.00 bits per heavy atom. The fourth-order valence-corrected chi connectivity index (χ4v) is 1.93. The Bertz CT molecular complexity index is 431. The van der Waals surface area contributed by atoms with Crippen molar-refractivity contribution in [1.29, 1.82) is 0 Å². The van der Waals surface area contributed by atoms with Crippen LogP contribution >= 0.6 is 0 Å². The van der Waals surface area contributed by atoms with Crippen molar-refractivity contribution in [2.24, 2.45) is 0 Å². The van der Waals surface area contributed by atoms with E-state index >= 15 is 0 Å². The van der Waals surface area contributed by atoms with Gasteiger partial charge in [0, 0.05) is 24.8 Å². The lowest BCUT2D eigenvalue weighted by Gasteiger charge is -2.19. The summed E-state index contributed by atoms with van der Waals surface area (Å²) in [6.45, 7) is 10.0. The first-order chi connectivity index (χ1) is 9.62. The van der Waals surface area contributed by atoms with Crippen molar-refractivity contribution in [1.82, 2.24) is 10.2 Å². The highest BCUT2D eigenvalue weighted by molar-refractivity contribution is 5.97. The van der Waals surface area contributed by atoms with Gasteiger partial charge in [0.15, 0.2) is 0 Å². The highest BCUT2D eigenvalue weighted by Gasteiger charge is 2.12. The highest BCUT2D eigenvalue weighted by atomic mass is 16.5. The van der Waals surface area contributed by atoms with Crippen LogP contribution in [0, 0.1) is 0 Å². The quantitative estimate of drug-likeness (QED) is 0.711. The third-order valence-corrected chi connectivity index (χ3v) is 3.15. The molecule has 0 spiro atoms. The first kappa shape index (κ1) is 16.3. The number of hydrogen-bond acceptors (Lipinski definition) is 4. The average molecular weight is 279 g/mol. The van der Waals surface area contributed by atoms with Crippen LogP contribution in [0.1, 0.15) is 31.1 Å². The van der Waals surface area contributed by atoms with Crippen LogP contribution in [0.15, 0.2) is 18.2 Å². The number of hydrogen-bond donors (Lipinski definition) is 2. The number of nitrogens with one attached hydrogen (secondary N) is 1. The van der Waals surface area contributed by atoms with E-state index in [0.29, 0.717) is 30.2 Å². The fraction of sp³-hybridized carbons (Fsp3) is 0.533. The topological polar surface area (TPSA) is 67.6 Å². The van der Waals surface area contributed by atoms with Gasteiger partial charge in [0.1, 0.15) is 12.4 Å². The lowest BCUT2D eigenvalue weighted by atomic mass is 10.1. The third kappa shape index (κ3) is 4.74. The minimum Gasteiger partial charge on any atom is -0.491 e. The van der Waals surface area contributed by atoms with Gasteiger partial charge < -0.3 is 20.7 Å². The van der Waals surface area contributed by atoms with Gasteiger partial charge in [-0.2, -0.15) is 0 Å². The molecule has 5 heteroatoms. The molecule has 1 rings (SSSR count). The van der Waals surface area contributed by atoms with Crippen molar-refractivity contribution in [2.75, 3.05) is 38.5 Å². The predicted octanol–water partition coefficient (Wildman–Crippen LogP) is 1.74. The molecule has 1 aromatic rings. The molecule has 0 fully saturated rings. The lowest BCUT2D eigenvalue weighted by Crippen LogP contribution is -2.28. The van der Waals surface area contributed by atoms with Gasteiger partial charge in [-0.1, -0.05) is 13.8 Å². The van der Waals surface area contributed by atoms with Crippen molar-refractivity contribution in [3.05, 3.63) is 23.8 Å². The van der Waals surface area contributed by atoms with Gasteiger partial charge in [-0.15, -0.1) is 0 Å². The number of benzene rings is 1. The number of nitrogen functional groups attached to an aromatic ring is 1. The van der Waals surface area contributed by atoms with Gasteiger partial charge in [0.2, 0.25) is 0 Å². The standard InChI is InChI=1S/C15H25N3O2/c1-4-17-15(19)13-8-7-12(16)11-14(13)20-10-9-18(5-2)6-3/h7-8,11H,4-6,9-10,16H2,1-3H3,(H,17,19). The van der Waals surface area contributed by atoms with E-state index in [9.17, 15) is 4.79 Å². The van der Waals surface area contributed by atoms with Crippen molar-refractivity contribution in [3.8, 4) is 5.75 Å². The number of amides is 1. The molecule has 1 aromatic carbocycles. The van der Waals surface area contributed by atoms with Gasteiger partial charge in [0.05, 0.1) is 5.56 Å². The lowest BCUT2D eigenvalue weighted by molar-refractivity contribution is 0.0951. The number of rotatable bonds is 8. The number of nitrogens with two attached hydrogens (primary N) is 1. The summed E-state index contributed by atoms with van der Waals surface area (Å²) in [5.74, 6) is 0.411. The molecule has 0 radical (unpaired) electrons. The first-order valence-electron chi connectivity index (χ1n) is 7.15. The second kappa shape index (κ2) is 8.43. The van der Waals surface area contributed by atoms with E-state index in [1.807, 2.05) is 6.92 Å². The minimum atomic E-state index is -0.134. The van der Waals surface area contributed by atoms with E-state index in [0.717, 1.165) is 19.6 Å². The molecule has 0 bridgehead atoms. The molecule has 0 saturated carbocycles. The number of carbonyl (C=O) groups excluding carboxylic acids is 1. The van der Waals surface area contributed by atoms with Gasteiger partial charge in [0.25, 0.3) is 5.91 Å². The Hall–Kier alpha value is -1.75. The monoisotopic (exact) mass is 279 g/mol. The Balaban J connectivity index is 2.72. The molecule has 0 aliphatic carbocycles. The summed E-state index contributed by atoms with van der Waals surface area (Å²) in [5, 5.41) is 2.77. The van der Waals surface area contributed by atoms with Crippen LogP contribution in [0.5, 0.6) is 5.75 Å². The maximum absolute atomic E-state index is 11.9. The van der Waals surface area contributed by atoms with Gasteiger partial charge >= 0.3 is 0 Å². The fourth-order valence-electron chi connectivity index (χ4n) is 1.93. The van der Waals surface area contributed by atoms with E-state index < -0.39 is 0 Å². The second-order valence-corrected chi connectivity index (χ2v) is 4.49. The molecule has 0 aliphatic heterocycles. The molecule has 0 unspecified atom stereocenters. The minimum absolute atomic E-state index is 0.134. The molecule has 0 aromatic heterocycles. The van der Waals surface area contributed by atoms with E-state index in [2.05, 4.69) is 24.1 Å². The summed E-state index contributed by atoms with van der Waals surface area (Å²) in [7, 11) is 0. The smallest absolute Gasteiger partial charge is 0.255 e. The van der Waals surface area contributed by atoms with Crippen molar-refractivity contribution >= 4 is 11.6 Å². The van der Waals surface area contributed by atoms with Crippen LogP contribution in [0.25, 0.3) is 0 Å². The molecule has 1 amide bonds. The molecular formula is C15H25N3O2. The Morgan fingerprint density at radius 3 is 2.60 bits per heavy atom. The Morgan fingerprint density at radius 1 is 1.30 bits per heavy atom. The summed E-state index contributed by atoms with van der Waals surface area (Å²) < 4.78 is 5.74. The first-order valence-corrected chi connectivity index (χ1v) is 7.15. The average Bonchev–Trinajstić information content (AvgIpc) is 2.44. The van der Waals surface area contributed by atoms with E-state index in [-0.39, 0.29) is 5.91 Å². The Kier molecular flexibility index (Phi) is 6.87. The number of nitrogens with zero attached hydrogens (tertiary/aromatic N) is 1. The normalized spacial score (nSPS) is 10.6. The highest BCUT2D eigenvalue weighted by Crippen LogP contribution is 2.21. The van der Waals surface area contributed by atoms with Crippen LogP contribution in [0.4, 0.5) is 5.69 Å². The molecule has 3 N–H and O–H groups in total. The third-order valence-electron chi connectivity index (χ3n) is 3.15. The van der Waals surface area contributed by atoms with E-state index in [1.54, 1.807) is 18.2 Å². The number of ether oxygens (including phenoxy) is 1. The van der Waals surface area contributed by atoms with Gasteiger partial charge in [-0.05, 0) is 32.1 Å². The van der Waals surface area contributed by atoms with Crippen molar-refractivity contribution in [3.63, 3.8) is 0 Å². The van der Waals surface area contributed by atoms with Crippen LogP contribution in [-0.4, -0.2) is 43.6 Å². The maximum atomic E-state index is 11.9. The van der Waals surface area contributed by atoms with E-state index in [4.69, 9.17) is 10.5 Å². The largest absolute Gasteiger partial charge is 0.491 e. The van der Waals surface area contributed by atoms with Gasteiger partial charge in [-0.25, -0.2) is 0 Å². The predicted molar refractivity (Wildman–Crippen MR) is 82.1 cm³/mol. The van der Waals surface area contributed by atoms with Gasteiger partial charge in [-0.3, -0.25) is 4.79 Å². The molecule has 0 aliphatic rings. The van der Waals surface area contributed by atoms with E-state index in [1.165, 1.54) is 0 Å². The summed E-state index contributed by atoms with van der Waals surface area (Å²) in [5.41, 5.74) is 6.89. The zero-order chi connectivity index (χ0) is 15.0. The zero-order valence-electron chi connectivity index (χ0n) is 12.6. The van der Waals surface area contributed by atoms with Crippen LogP contribution in [0.3, 0.4) is 0 Å². The van der Waals surface area contributed by atoms with Crippen molar-refractivity contribution in [2.45, 2.75) is 20.8 Å². The second-order valence-electron chi connectivity index (χ2n) is 4.49. The summed E-state index contributed by atoms with van der Waals surface area (Å²) in [6, 6.07) is 5.11. The summed E-state index contributed by atoms with van der Waals surface area (Å²) >= 11 is 0. The van der Waals surface area contributed by atoms with Crippen LogP contribution in [-0.2, 0) is 0 Å². The molecule has 112 valence electrons. The van der Waals surface area contributed by atoms with Crippen LogP contribution < -0.4 is 15.8 Å². The molecular weight excluding hydrogens is 254 g/mol. The molecule has 0 heterocycles. The summed E-state index contributed by atoms with van der Waals surface area (Å²) in [6.07, 6.45) is 0. The Labute approximate surface area is 121 Å². The zero-order valence-corrected chi connectivity index (χ0v) is 12.6. The SMILES string of the molecule is CCNC(=O)c1ccc(N)cc1OCCN(CC)CC. The molecule has 20 heavy (non-hydrogen) atoms. The number of carbonyl (C=O) groups is 1.